The molecule has 0 bridgehead atoms. The van der Waals surface area contributed by atoms with E-state index in [2.05, 4.69) is 15.8 Å². The molecule has 3 N–H and O–H groups in total. The third-order valence-electron chi connectivity index (χ3n) is 2.97. The lowest BCUT2D eigenvalue weighted by molar-refractivity contribution is -0.123. The predicted octanol–water partition coefficient (Wildman–Crippen LogP) is 1.27. The van der Waals surface area contributed by atoms with Crippen molar-refractivity contribution in [1.29, 1.82) is 0 Å². The van der Waals surface area contributed by atoms with Crippen LogP contribution in [0.3, 0.4) is 0 Å². The second-order valence-electron chi connectivity index (χ2n) is 4.79. The molecule has 0 aliphatic heterocycles. The Balaban J connectivity index is 1.75. The molecule has 0 aliphatic rings. The van der Waals surface area contributed by atoms with E-state index in [-0.39, 0.29) is 12.3 Å². The van der Waals surface area contributed by atoms with Gasteiger partial charge in [0.05, 0.1) is 26.1 Å². The van der Waals surface area contributed by atoms with Crippen molar-refractivity contribution in [3.05, 3.63) is 54.0 Å². The number of phenolic OH excluding ortho intramolecular Hbond substituents is 1. The SMILES string of the molecule is COc1cc(/C=N/NC(=O)CNC(=O)/C=C/c2ccco2)ccc1O. The molecular formula is C17H17N3O5. The molecule has 0 aliphatic carbocycles. The fourth-order valence-electron chi connectivity index (χ4n) is 1.76. The van der Waals surface area contributed by atoms with Gasteiger partial charge in [-0.3, -0.25) is 9.59 Å². The van der Waals surface area contributed by atoms with E-state index >= 15 is 0 Å². The topological polar surface area (TPSA) is 113 Å². The van der Waals surface area contributed by atoms with Crippen LogP contribution in [0.2, 0.25) is 0 Å². The van der Waals surface area contributed by atoms with E-state index in [9.17, 15) is 14.7 Å². The molecule has 1 aromatic heterocycles. The molecule has 0 saturated carbocycles. The second kappa shape index (κ2) is 8.92. The first-order valence-corrected chi connectivity index (χ1v) is 7.27. The number of carbonyl (C=O) groups excluding carboxylic acids is 2. The average molecular weight is 343 g/mol. The first-order valence-electron chi connectivity index (χ1n) is 7.27. The predicted molar refractivity (Wildman–Crippen MR) is 91.1 cm³/mol. The first-order chi connectivity index (χ1) is 12.1. The summed E-state index contributed by atoms with van der Waals surface area (Å²) >= 11 is 0. The fourth-order valence-corrected chi connectivity index (χ4v) is 1.76. The van der Waals surface area contributed by atoms with Gasteiger partial charge >= 0.3 is 0 Å². The van der Waals surface area contributed by atoms with Crippen molar-refractivity contribution in [3.63, 3.8) is 0 Å². The molecule has 25 heavy (non-hydrogen) atoms. The van der Waals surface area contributed by atoms with E-state index in [0.717, 1.165) is 0 Å². The molecule has 2 aromatic rings. The maximum absolute atomic E-state index is 11.6. The molecule has 0 spiro atoms. The molecule has 2 amide bonds. The number of hydrogen-bond acceptors (Lipinski definition) is 6. The third-order valence-corrected chi connectivity index (χ3v) is 2.97. The smallest absolute Gasteiger partial charge is 0.259 e. The third kappa shape index (κ3) is 5.87. The summed E-state index contributed by atoms with van der Waals surface area (Å²) in [7, 11) is 1.43. The number of furan rings is 1. The Morgan fingerprint density at radius 3 is 2.92 bits per heavy atom. The number of carbonyl (C=O) groups is 2. The van der Waals surface area contributed by atoms with Crippen molar-refractivity contribution < 1.29 is 23.8 Å². The maximum atomic E-state index is 11.6. The number of nitrogens with zero attached hydrogens (tertiary/aromatic N) is 1. The van der Waals surface area contributed by atoms with E-state index < -0.39 is 11.8 Å². The van der Waals surface area contributed by atoms with Gasteiger partial charge in [-0.1, -0.05) is 0 Å². The summed E-state index contributed by atoms with van der Waals surface area (Å²) in [5.74, 6) is -0.0750. The van der Waals surface area contributed by atoms with E-state index in [1.807, 2.05) is 0 Å². The van der Waals surface area contributed by atoms with Crippen LogP contribution in [-0.4, -0.2) is 36.8 Å². The van der Waals surface area contributed by atoms with Crippen molar-refractivity contribution in [2.75, 3.05) is 13.7 Å². The highest BCUT2D eigenvalue weighted by Gasteiger charge is 2.03. The zero-order valence-corrected chi connectivity index (χ0v) is 13.4. The van der Waals surface area contributed by atoms with Crippen LogP contribution in [0, 0.1) is 0 Å². The van der Waals surface area contributed by atoms with Crippen LogP contribution in [0.15, 0.2) is 52.2 Å². The van der Waals surface area contributed by atoms with Crippen LogP contribution >= 0.6 is 0 Å². The van der Waals surface area contributed by atoms with Crippen LogP contribution in [0.1, 0.15) is 11.3 Å². The second-order valence-corrected chi connectivity index (χ2v) is 4.79. The standard InChI is InChI=1S/C17H17N3O5/c1-24-15-9-12(4-6-14(15)21)10-19-20-17(23)11-18-16(22)7-5-13-3-2-8-25-13/h2-10,21H,11H2,1H3,(H,18,22)(H,20,23)/b7-5+,19-10+. The van der Waals surface area contributed by atoms with Gasteiger partial charge in [0.25, 0.3) is 5.91 Å². The van der Waals surface area contributed by atoms with E-state index in [1.54, 1.807) is 24.3 Å². The Morgan fingerprint density at radius 2 is 2.20 bits per heavy atom. The molecule has 2 rings (SSSR count). The van der Waals surface area contributed by atoms with Crippen LogP contribution in [0.25, 0.3) is 6.08 Å². The number of aromatic hydroxyl groups is 1. The summed E-state index contributed by atoms with van der Waals surface area (Å²) in [4.78, 5) is 23.1. The number of methoxy groups -OCH3 is 1. The highest BCUT2D eigenvalue weighted by atomic mass is 16.5. The molecular weight excluding hydrogens is 326 g/mol. The van der Waals surface area contributed by atoms with E-state index in [4.69, 9.17) is 9.15 Å². The fraction of sp³-hybridized carbons (Fsp3) is 0.118. The van der Waals surface area contributed by atoms with E-state index in [0.29, 0.717) is 17.1 Å². The number of benzene rings is 1. The van der Waals surface area contributed by atoms with Gasteiger partial charge in [0.1, 0.15) is 5.76 Å². The van der Waals surface area contributed by atoms with Gasteiger partial charge in [-0.25, -0.2) is 5.43 Å². The summed E-state index contributed by atoms with van der Waals surface area (Å²) < 4.78 is 10.0. The van der Waals surface area contributed by atoms with Crippen LogP contribution in [0.4, 0.5) is 0 Å². The molecule has 0 fully saturated rings. The quantitative estimate of drug-likeness (QED) is 0.398. The van der Waals surface area contributed by atoms with Crippen molar-refractivity contribution >= 4 is 24.1 Å². The van der Waals surface area contributed by atoms with Gasteiger partial charge in [-0.15, -0.1) is 0 Å². The van der Waals surface area contributed by atoms with Crippen LogP contribution in [0.5, 0.6) is 11.5 Å². The molecule has 8 heteroatoms. The Morgan fingerprint density at radius 1 is 1.36 bits per heavy atom. The number of phenols is 1. The van der Waals surface area contributed by atoms with Crippen molar-refractivity contribution in [2.24, 2.45) is 5.10 Å². The molecule has 130 valence electrons. The average Bonchev–Trinajstić information content (AvgIpc) is 3.13. The summed E-state index contributed by atoms with van der Waals surface area (Å²) in [6.07, 6.45) is 5.63. The maximum Gasteiger partial charge on any atom is 0.259 e. The monoisotopic (exact) mass is 343 g/mol. The largest absolute Gasteiger partial charge is 0.504 e. The summed E-state index contributed by atoms with van der Waals surface area (Å²) in [5.41, 5.74) is 2.90. The molecule has 0 unspecified atom stereocenters. The zero-order valence-electron chi connectivity index (χ0n) is 13.4. The lowest BCUT2D eigenvalue weighted by Gasteiger charge is -2.03. The summed E-state index contributed by atoms with van der Waals surface area (Å²) in [6, 6.07) is 8.02. The molecule has 1 aromatic carbocycles. The van der Waals surface area contributed by atoms with Crippen LogP contribution < -0.4 is 15.5 Å². The Bertz CT molecular complexity index is 782. The minimum atomic E-state index is -0.484. The molecule has 0 saturated heterocycles. The van der Waals surface area contributed by atoms with Gasteiger partial charge in [0.15, 0.2) is 11.5 Å². The van der Waals surface area contributed by atoms with Crippen molar-refractivity contribution in [1.82, 2.24) is 10.7 Å². The lowest BCUT2D eigenvalue weighted by Crippen LogP contribution is -2.34. The number of hydrazone groups is 1. The number of amides is 2. The summed E-state index contributed by atoms with van der Waals surface area (Å²) in [6.45, 7) is -0.225. The zero-order chi connectivity index (χ0) is 18.1. The van der Waals surface area contributed by atoms with E-state index in [1.165, 1.54) is 37.8 Å². The molecule has 0 atom stereocenters. The van der Waals surface area contributed by atoms with Gasteiger partial charge in [-0.2, -0.15) is 5.10 Å². The first kappa shape index (κ1) is 17.8. The van der Waals surface area contributed by atoms with Crippen molar-refractivity contribution in [3.8, 4) is 11.5 Å². The number of nitrogens with one attached hydrogen (secondary N) is 2. The molecule has 0 radical (unpaired) electrons. The Labute approximate surface area is 143 Å². The normalized spacial score (nSPS) is 10.9. The highest BCUT2D eigenvalue weighted by molar-refractivity contribution is 5.94. The number of ether oxygens (including phenoxy) is 1. The minimum Gasteiger partial charge on any atom is -0.504 e. The summed E-state index contributed by atoms with van der Waals surface area (Å²) in [5, 5.41) is 15.7. The van der Waals surface area contributed by atoms with Gasteiger partial charge in [0, 0.05) is 6.08 Å². The molecule has 1 heterocycles. The van der Waals surface area contributed by atoms with Crippen molar-refractivity contribution in [2.45, 2.75) is 0 Å². The number of hydrogen-bond donors (Lipinski definition) is 3. The number of rotatable bonds is 7. The van der Waals surface area contributed by atoms with Gasteiger partial charge < -0.3 is 19.6 Å². The van der Waals surface area contributed by atoms with Crippen LogP contribution in [-0.2, 0) is 9.59 Å². The Kier molecular flexibility index (Phi) is 6.35. The highest BCUT2D eigenvalue weighted by Crippen LogP contribution is 2.25. The Hall–Kier alpha value is -3.55. The minimum absolute atomic E-state index is 0.00833. The van der Waals surface area contributed by atoms with Gasteiger partial charge in [-0.05, 0) is 42.0 Å². The lowest BCUT2D eigenvalue weighted by atomic mass is 10.2. The molecule has 8 nitrogen and oxygen atoms in total. The van der Waals surface area contributed by atoms with Gasteiger partial charge in [0.2, 0.25) is 5.91 Å².